The van der Waals surface area contributed by atoms with Crippen molar-refractivity contribution in [2.45, 2.75) is 77.0 Å². The quantitative estimate of drug-likeness (QED) is 0.472. The van der Waals surface area contributed by atoms with Crippen molar-refractivity contribution in [3.63, 3.8) is 0 Å². The molecule has 0 unspecified atom stereocenters. The van der Waals surface area contributed by atoms with Crippen molar-refractivity contribution in [2.75, 3.05) is 0 Å². The summed E-state index contributed by atoms with van der Waals surface area (Å²) in [4.78, 5) is 23.1. The summed E-state index contributed by atoms with van der Waals surface area (Å²) in [6.45, 7) is 0. The molecule has 1 aliphatic carbocycles. The summed E-state index contributed by atoms with van der Waals surface area (Å²) in [5.41, 5.74) is 0. The van der Waals surface area contributed by atoms with Gasteiger partial charge in [0.1, 0.15) is 0 Å². The van der Waals surface area contributed by atoms with Gasteiger partial charge in [0.2, 0.25) is 0 Å². The summed E-state index contributed by atoms with van der Waals surface area (Å²) in [7, 11) is 0. The zero-order valence-electron chi connectivity index (χ0n) is 11.5. The molecule has 0 atom stereocenters. The van der Waals surface area contributed by atoms with Gasteiger partial charge in [0, 0.05) is 12.8 Å². The molecule has 1 aliphatic rings. The average Bonchev–Trinajstić information content (AvgIpc) is 2.37. The maximum atomic E-state index is 11.5. The molecule has 102 valence electrons. The zero-order valence-corrected chi connectivity index (χ0v) is 11.5. The smallest absolute Gasteiger partial charge is 0.198 e. The van der Waals surface area contributed by atoms with Crippen LogP contribution in [0.3, 0.4) is 0 Å². The molecule has 0 heterocycles. The van der Waals surface area contributed by atoms with E-state index in [9.17, 15) is 9.59 Å². The summed E-state index contributed by atoms with van der Waals surface area (Å²) >= 11 is 0. The Labute approximate surface area is 111 Å². The molecule has 0 saturated heterocycles. The van der Waals surface area contributed by atoms with Crippen LogP contribution in [0.15, 0.2) is 12.2 Å². The Kier molecular flexibility index (Phi) is 8.45. The lowest BCUT2D eigenvalue weighted by molar-refractivity contribution is -0.136. The maximum Gasteiger partial charge on any atom is 0.198 e. The molecular weight excluding hydrogens is 224 g/mol. The fourth-order valence-electron chi connectivity index (χ4n) is 2.33. The summed E-state index contributed by atoms with van der Waals surface area (Å²) in [6, 6.07) is 0. The maximum absolute atomic E-state index is 11.5. The van der Waals surface area contributed by atoms with Gasteiger partial charge in [-0.05, 0) is 32.1 Å². The van der Waals surface area contributed by atoms with Gasteiger partial charge >= 0.3 is 0 Å². The molecular formula is C16H26O2. The van der Waals surface area contributed by atoms with E-state index >= 15 is 0 Å². The van der Waals surface area contributed by atoms with Crippen molar-refractivity contribution in [3.05, 3.63) is 12.2 Å². The Hall–Kier alpha value is -0.920. The first kappa shape index (κ1) is 15.1. The third kappa shape index (κ3) is 7.41. The van der Waals surface area contributed by atoms with E-state index in [2.05, 4.69) is 12.2 Å². The van der Waals surface area contributed by atoms with E-state index in [1.54, 1.807) is 0 Å². The van der Waals surface area contributed by atoms with E-state index in [4.69, 9.17) is 0 Å². The molecule has 0 fully saturated rings. The van der Waals surface area contributed by atoms with Crippen molar-refractivity contribution in [1.29, 1.82) is 0 Å². The summed E-state index contributed by atoms with van der Waals surface area (Å²) < 4.78 is 0. The molecule has 18 heavy (non-hydrogen) atoms. The summed E-state index contributed by atoms with van der Waals surface area (Å²) in [5.74, 6) is -0.304. The minimum absolute atomic E-state index is 0.147. The molecule has 0 amide bonds. The van der Waals surface area contributed by atoms with Gasteiger partial charge in [-0.25, -0.2) is 0 Å². The lowest BCUT2D eigenvalue weighted by atomic mass is 10.0. The van der Waals surface area contributed by atoms with Gasteiger partial charge < -0.3 is 0 Å². The zero-order chi connectivity index (χ0) is 13.1. The second-order valence-electron chi connectivity index (χ2n) is 5.22. The molecule has 0 spiro atoms. The van der Waals surface area contributed by atoms with E-state index in [1.165, 1.54) is 32.1 Å². The van der Waals surface area contributed by atoms with Crippen LogP contribution in [0.25, 0.3) is 0 Å². The molecule has 2 nitrogen and oxygen atoms in total. The third-order valence-electron chi connectivity index (χ3n) is 3.53. The van der Waals surface area contributed by atoms with Gasteiger partial charge in [0.05, 0.1) is 0 Å². The molecule has 0 aromatic carbocycles. The summed E-state index contributed by atoms with van der Waals surface area (Å²) in [6.07, 6.45) is 16.6. The van der Waals surface area contributed by atoms with Gasteiger partial charge in [0.25, 0.3) is 0 Å². The monoisotopic (exact) mass is 250 g/mol. The third-order valence-corrected chi connectivity index (χ3v) is 3.53. The lowest BCUT2D eigenvalue weighted by Crippen LogP contribution is -2.13. The van der Waals surface area contributed by atoms with Crippen LogP contribution in [0.4, 0.5) is 0 Å². The van der Waals surface area contributed by atoms with Gasteiger partial charge in [-0.2, -0.15) is 0 Å². The van der Waals surface area contributed by atoms with E-state index in [0.29, 0.717) is 12.8 Å². The molecule has 0 bridgehead atoms. The van der Waals surface area contributed by atoms with Crippen LogP contribution >= 0.6 is 0 Å². The summed E-state index contributed by atoms with van der Waals surface area (Å²) in [5, 5.41) is 0. The lowest BCUT2D eigenvalue weighted by Gasteiger charge is -2.03. The Morgan fingerprint density at radius 2 is 1.00 bits per heavy atom. The molecule has 1 rings (SSSR count). The minimum Gasteiger partial charge on any atom is -0.291 e. The van der Waals surface area contributed by atoms with Gasteiger partial charge in [0.15, 0.2) is 11.6 Å². The van der Waals surface area contributed by atoms with Crippen LogP contribution in [0.1, 0.15) is 77.0 Å². The van der Waals surface area contributed by atoms with Crippen molar-refractivity contribution < 1.29 is 9.59 Å². The first-order chi connectivity index (χ1) is 8.80. The van der Waals surface area contributed by atoms with Gasteiger partial charge in [-0.15, -0.1) is 0 Å². The largest absolute Gasteiger partial charge is 0.291 e. The fraction of sp³-hybridized carbons (Fsp3) is 0.750. The fourth-order valence-corrected chi connectivity index (χ4v) is 2.33. The van der Waals surface area contributed by atoms with Crippen molar-refractivity contribution in [1.82, 2.24) is 0 Å². The van der Waals surface area contributed by atoms with Crippen molar-refractivity contribution >= 4 is 11.6 Å². The Balaban J connectivity index is 2.31. The topological polar surface area (TPSA) is 34.1 Å². The van der Waals surface area contributed by atoms with Crippen LogP contribution in [0, 0.1) is 0 Å². The van der Waals surface area contributed by atoms with Crippen LogP contribution in [0.2, 0.25) is 0 Å². The van der Waals surface area contributed by atoms with Crippen molar-refractivity contribution in [3.8, 4) is 0 Å². The highest BCUT2D eigenvalue weighted by molar-refractivity contribution is 6.37. The molecule has 0 radical (unpaired) electrons. The van der Waals surface area contributed by atoms with Gasteiger partial charge in [-0.3, -0.25) is 9.59 Å². The SMILES string of the molecule is O=C1CCC/C=C\CCCCCCCCCC1=O. The van der Waals surface area contributed by atoms with Crippen LogP contribution in [-0.4, -0.2) is 11.6 Å². The first-order valence-electron chi connectivity index (χ1n) is 7.52. The Morgan fingerprint density at radius 1 is 0.556 bits per heavy atom. The van der Waals surface area contributed by atoms with E-state index in [0.717, 1.165) is 32.1 Å². The number of rotatable bonds is 0. The van der Waals surface area contributed by atoms with Gasteiger partial charge in [-0.1, -0.05) is 44.3 Å². The molecule has 2 heteroatoms. The highest BCUT2D eigenvalue weighted by Crippen LogP contribution is 2.12. The number of ketones is 2. The number of carbonyl (C=O) groups excluding carboxylic acids is 2. The standard InChI is InChI=1S/C16H26O2/c17-15-13-11-9-7-5-3-1-2-4-6-8-10-12-14-16(15)18/h5,7H,1-4,6,8-14H2/b7-5-. The van der Waals surface area contributed by atoms with Crippen LogP contribution in [-0.2, 0) is 9.59 Å². The Bertz CT molecular complexity index is 279. The highest BCUT2D eigenvalue weighted by atomic mass is 16.2. The predicted octanol–water partition coefficient (Wildman–Crippen LogP) is 4.38. The van der Waals surface area contributed by atoms with E-state index in [-0.39, 0.29) is 11.6 Å². The predicted molar refractivity (Wildman–Crippen MR) is 74.6 cm³/mol. The molecule has 0 aromatic rings. The normalized spacial score (nSPS) is 23.8. The van der Waals surface area contributed by atoms with Crippen LogP contribution < -0.4 is 0 Å². The van der Waals surface area contributed by atoms with E-state index in [1.807, 2.05) is 0 Å². The highest BCUT2D eigenvalue weighted by Gasteiger charge is 2.12. The molecule has 0 saturated carbocycles. The number of hydrogen-bond donors (Lipinski definition) is 0. The minimum atomic E-state index is -0.157. The number of carbonyl (C=O) groups is 2. The molecule has 0 aliphatic heterocycles. The average molecular weight is 250 g/mol. The number of hydrogen-bond acceptors (Lipinski definition) is 2. The molecule has 0 N–H and O–H groups in total. The number of Topliss-reactive ketones (excluding diaryl/α,β-unsaturated/α-hetero) is 2. The van der Waals surface area contributed by atoms with Crippen LogP contribution in [0.5, 0.6) is 0 Å². The second-order valence-corrected chi connectivity index (χ2v) is 5.22. The Morgan fingerprint density at radius 3 is 1.67 bits per heavy atom. The molecule has 0 aromatic heterocycles. The first-order valence-corrected chi connectivity index (χ1v) is 7.52. The number of allylic oxidation sites excluding steroid dienone is 2. The van der Waals surface area contributed by atoms with Crippen molar-refractivity contribution in [2.24, 2.45) is 0 Å². The second kappa shape index (κ2) is 10.0. The van der Waals surface area contributed by atoms with E-state index < -0.39 is 0 Å².